The van der Waals surface area contributed by atoms with Gasteiger partial charge in [0.2, 0.25) is 0 Å². The van der Waals surface area contributed by atoms with E-state index >= 15 is 0 Å². The molecule has 5 heteroatoms. The number of halogens is 2. The predicted octanol–water partition coefficient (Wildman–Crippen LogP) is 4.90. The molecule has 1 fully saturated rings. The van der Waals surface area contributed by atoms with Crippen molar-refractivity contribution in [3.8, 4) is 5.75 Å². The van der Waals surface area contributed by atoms with Crippen molar-refractivity contribution in [1.82, 2.24) is 4.90 Å². The first-order valence-corrected chi connectivity index (χ1v) is 8.84. The largest absolute Gasteiger partial charge is 0.494 e. The second kappa shape index (κ2) is 7.87. The molecule has 0 spiro atoms. The monoisotopic (exact) mass is 361 g/mol. The summed E-state index contributed by atoms with van der Waals surface area (Å²) < 4.78 is 18.8. The van der Waals surface area contributed by atoms with Crippen molar-refractivity contribution in [2.45, 2.75) is 25.2 Å². The Kier molecular flexibility index (Phi) is 5.59. The van der Waals surface area contributed by atoms with Gasteiger partial charge in [-0.15, -0.1) is 0 Å². The second-order valence-electron chi connectivity index (χ2n) is 6.34. The highest BCUT2D eigenvalue weighted by molar-refractivity contribution is 6.30. The molecule has 0 aromatic heterocycles. The third-order valence-electron chi connectivity index (χ3n) is 4.70. The first-order chi connectivity index (χ1) is 12.1. The summed E-state index contributed by atoms with van der Waals surface area (Å²) in [6, 6.07) is 12.2. The molecular formula is C20H21ClFNO2. The maximum absolute atomic E-state index is 13.9. The van der Waals surface area contributed by atoms with Gasteiger partial charge in [0.1, 0.15) is 0 Å². The summed E-state index contributed by atoms with van der Waals surface area (Å²) in [5, 5.41) is 0.707. The normalized spacial score (nSPS) is 17.9. The zero-order chi connectivity index (χ0) is 17.8. The van der Waals surface area contributed by atoms with Gasteiger partial charge in [0.05, 0.1) is 7.11 Å². The van der Waals surface area contributed by atoms with Gasteiger partial charge in [0.25, 0.3) is 5.91 Å². The van der Waals surface area contributed by atoms with E-state index in [-0.39, 0.29) is 17.6 Å². The van der Waals surface area contributed by atoms with E-state index in [4.69, 9.17) is 16.3 Å². The highest BCUT2D eigenvalue weighted by Crippen LogP contribution is 2.28. The molecule has 0 radical (unpaired) electrons. The molecule has 3 nitrogen and oxygen atoms in total. The average molecular weight is 362 g/mol. The van der Waals surface area contributed by atoms with E-state index < -0.39 is 5.82 Å². The Morgan fingerprint density at radius 1 is 1.20 bits per heavy atom. The number of carbonyl (C=O) groups excluding carboxylic acids is 1. The van der Waals surface area contributed by atoms with E-state index in [1.165, 1.54) is 24.8 Å². The first-order valence-electron chi connectivity index (χ1n) is 8.47. The molecule has 1 aliphatic heterocycles. The number of benzene rings is 2. The molecule has 3 rings (SSSR count). The molecule has 1 saturated heterocycles. The number of carbonyl (C=O) groups is 1. The summed E-state index contributed by atoms with van der Waals surface area (Å²) in [7, 11) is 1.41. The van der Waals surface area contributed by atoms with E-state index in [9.17, 15) is 9.18 Å². The van der Waals surface area contributed by atoms with E-state index in [1.54, 1.807) is 6.07 Å². The van der Waals surface area contributed by atoms with Crippen molar-refractivity contribution in [3.63, 3.8) is 0 Å². The SMILES string of the molecule is COc1ccc(C(=O)N2CCCC[C@H](c3ccc(Cl)cc3)C2)cc1F. The summed E-state index contributed by atoms with van der Waals surface area (Å²) >= 11 is 5.97. The Hall–Kier alpha value is -2.07. The lowest BCUT2D eigenvalue weighted by atomic mass is 9.94. The molecule has 0 bridgehead atoms. The summed E-state index contributed by atoms with van der Waals surface area (Å²) in [4.78, 5) is 14.7. The lowest BCUT2D eigenvalue weighted by molar-refractivity contribution is 0.0754. The standard InChI is InChI=1S/C20H21ClFNO2/c1-25-19-10-7-15(12-18(19)22)20(24)23-11-3-2-4-16(13-23)14-5-8-17(21)9-6-14/h5-10,12,16H,2-4,11,13H2,1H3/t16-/m0/s1. The number of hydrogen-bond acceptors (Lipinski definition) is 2. The Bertz CT molecular complexity index is 748. The fourth-order valence-electron chi connectivity index (χ4n) is 3.32. The molecule has 0 unspecified atom stereocenters. The molecule has 2 aromatic carbocycles. The number of methoxy groups -OCH3 is 1. The Morgan fingerprint density at radius 2 is 1.96 bits per heavy atom. The number of rotatable bonds is 3. The Balaban J connectivity index is 1.79. The van der Waals surface area contributed by atoms with Gasteiger partial charge in [-0.25, -0.2) is 4.39 Å². The van der Waals surface area contributed by atoms with Gasteiger partial charge in [0.15, 0.2) is 11.6 Å². The van der Waals surface area contributed by atoms with Crippen molar-refractivity contribution in [2.75, 3.05) is 20.2 Å². The molecule has 0 aliphatic carbocycles. The molecule has 25 heavy (non-hydrogen) atoms. The van der Waals surface area contributed by atoms with Crippen LogP contribution in [0.3, 0.4) is 0 Å². The molecule has 1 amide bonds. The van der Waals surface area contributed by atoms with Crippen molar-refractivity contribution >= 4 is 17.5 Å². The number of ether oxygens (including phenoxy) is 1. The minimum absolute atomic E-state index is 0.137. The number of hydrogen-bond donors (Lipinski definition) is 0. The van der Waals surface area contributed by atoms with Crippen molar-refractivity contribution < 1.29 is 13.9 Å². The third-order valence-corrected chi connectivity index (χ3v) is 4.95. The van der Waals surface area contributed by atoms with E-state index in [1.807, 2.05) is 29.2 Å². The Labute approximate surface area is 152 Å². The van der Waals surface area contributed by atoms with Crippen molar-refractivity contribution in [1.29, 1.82) is 0 Å². The van der Waals surface area contributed by atoms with Gasteiger partial charge < -0.3 is 9.64 Å². The van der Waals surface area contributed by atoms with Gasteiger partial charge in [0, 0.05) is 29.6 Å². The van der Waals surface area contributed by atoms with Crippen LogP contribution in [0.4, 0.5) is 4.39 Å². The van der Waals surface area contributed by atoms with Crippen LogP contribution in [0.2, 0.25) is 5.02 Å². The van der Waals surface area contributed by atoms with Crippen molar-refractivity contribution in [3.05, 3.63) is 64.4 Å². The van der Waals surface area contributed by atoms with Gasteiger partial charge >= 0.3 is 0 Å². The van der Waals surface area contributed by atoms with Crippen molar-refractivity contribution in [2.24, 2.45) is 0 Å². The maximum Gasteiger partial charge on any atom is 0.253 e. The zero-order valence-corrected chi connectivity index (χ0v) is 14.9. The molecule has 132 valence electrons. The molecule has 1 atom stereocenters. The van der Waals surface area contributed by atoms with Crippen LogP contribution in [-0.2, 0) is 0 Å². The van der Waals surface area contributed by atoms with Crippen LogP contribution in [0, 0.1) is 5.82 Å². The van der Waals surface area contributed by atoms with Crippen LogP contribution in [0.25, 0.3) is 0 Å². The third kappa shape index (κ3) is 4.13. The number of likely N-dealkylation sites (tertiary alicyclic amines) is 1. The molecular weight excluding hydrogens is 341 g/mol. The summed E-state index contributed by atoms with van der Waals surface area (Å²) in [6.45, 7) is 1.32. The van der Waals surface area contributed by atoms with Crippen LogP contribution < -0.4 is 4.74 Å². The quantitative estimate of drug-likeness (QED) is 0.778. The van der Waals surface area contributed by atoms with E-state index in [0.717, 1.165) is 19.3 Å². The molecule has 0 saturated carbocycles. The van der Waals surface area contributed by atoms with Gasteiger partial charge in [-0.3, -0.25) is 4.79 Å². The van der Waals surface area contributed by atoms with E-state index in [2.05, 4.69) is 0 Å². The van der Waals surface area contributed by atoms with Gasteiger partial charge in [-0.1, -0.05) is 30.2 Å². The van der Waals surface area contributed by atoms with Gasteiger partial charge in [-0.2, -0.15) is 0 Å². The lowest BCUT2D eigenvalue weighted by Crippen LogP contribution is -2.34. The summed E-state index contributed by atoms with van der Waals surface area (Å²) in [5.74, 6) is -0.238. The summed E-state index contributed by atoms with van der Waals surface area (Å²) in [5.41, 5.74) is 1.54. The highest BCUT2D eigenvalue weighted by Gasteiger charge is 2.24. The maximum atomic E-state index is 13.9. The fourth-order valence-corrected chi connectivity index (χ4v) is 3.44. The lowest BCUT2D eigenvalue weighted by Gasteiger charge is -2.25. The second-order valence-corrected chi connectivity index (χ2v) is 6.78. The fraction of sp³-hybridized carbons (Fsp3) is 0.350. The minimum Gasteiger partial charge on any atom is -0.494 e. The van der Waals surface area contributed by atoms with Crippen LogP contribution in [-0.4, -0.2) is 31.0 Å². The molecule has 1 aliphatic rings. The molecule has 1 heterocycles. The number of nitrogens with zero attached hydrogens (tertiary/aromatic N) is 1. The molecule has 0 N–H and O–H groups in total. The topological polar surface area (TPSA) is 29.5 Å². The highest BCUT2D eigenvalue weighted by atomic mass is 35.5. The Morgan fingerprint density at radius 3 is 2.64 bits per heavy atom. The smallest absolute Gasteiger partial charge is 0.253 e. The zero-order valence-electron chi connectivity index (χ0n) is 14.2. The predicted molar refractivity (Wildman–Crippen MR) is 96.9 cm³/mol. The van der Waals surface area contributed by atoms with Gasteiger partial charge in [-0.05, 0) is 48.7 Å². The van der Waals surface area contributed by atoms with Crippen LogP contribution >= 0.6 is 11.6 Å². The summed E-state index contributed by atoms with van der Waals surface area (Å²) in [6.07, 6.45) is 3.05. The number of amides is 1. The van der Waals surface area contributed by atoms with Crippen LogP contribution in [0.15, 0.2) is 42.5 Å². The first kappa shape index (κ1) is 17.7. The van der Waals surface area contributed by atoms with E-state index in [0.29, 0.717) is 23.7 Å². The van der Waals surface area contributed by atoms with Crippen LogP contribution in [0.5, 0.6) is 5.75 Å². The minimum atomic E-state index is -0.516. The molecule has 2 aromatic rings. The average Bonchev–Trinajstić information content (AvgIpc) is 2.88. The van der Waals surface area contributed by atoms with Crippen LogP contribution in [0.1, 0.15) is 41.1 Å².